The fourth-order valence-electron chi connectivity index (χ4n) is 2.73. The largest absolute Gasteiger partial charge is 0.504 e. The summed E-state index contributed by atoms with van der Waals surface area (Å²) in [4.78, 5) is 38.1. The van der Waals surface area contributed by atoms with Crippen LogP contribution in [0.5, 0.6) is 17.2 Å². The number of phenolic OH excluding ortho intramolecular Hbond substituents is 1. The number of carbonyl (C=O) groups is 3. The number of amides is 3. The van der Waals surface area contributed by atoms with Crippen LogP contribution in [0.15, 0.2) is 47.4 Å². The first kappa shape index (κ1) is 21.3. The monoisotopic (exact) mass is 428 g/mol. The zero-order valence-electron chi connectivity index (χ0n) is 16.4. The molecule has 0 bridgehead atoms. The second-order valence-electron chi connectivity index (χ2n) is 6.20. The Morgan fingerprint density at radius 3 is 2.57 bits per heavy atom. The van der Waals surface area contributed by atoms with Crippen molar-refractivity contribution >= 4 is 40.6 Å². The third-order valence-electron chi connectivity index (χ3n) is 4.13. The number of phenols is 1. The molecule has 2 aromatic carbocycles. The lowest BCUT2D eigenvalue weighted by Gasteiger charge is -2.12. The number of hydrogen-bond acceptors (Lipinski definition) is 7. The molecule has 0 saturated carbocycles. The summed E-state index contributed by atoms with van der Waals surface area (Å²) in [6, 6.07) is 11.4. The number of carbonyl (C=O) groups excluding carboxylic acids is 3. The Hall–Kier alpha value is -3.46. The van der Waals surface area contributed by atoms with Crippen molar-refractivity contribution in [1.82, 2.24) is 4.90 Å². The maximum atomic E-state index is 12.6. The molecule has 1 fully saturated rings. The van der Waals surface area contributed by atoms with Gasteiger partial charge in [0.2, 0.25) is 5.91 Å². The minimum Gasteiger partial charge on any atom is -0.504 e. The molecular weight excluding hydrogens is 408 g/mol. The number of nitrogens with one attached hydrogen (secondary N) is 1. The summed E-state index contributed by atoms with van der Waals surface area (Å²) in [5.74, 6) is -0.172. The van der Waals surface area contributed by atoms with Gasteiger partial charge in [-0.25, -0.2) is 0 Å². The van der Waals surface area contributed by atoms with Crippen molar-refractivity contribution in [2.45, 2.75) is 6.92 Å². The normalized spacial score (nSPS) is 14.9. The van der Waals surface area contributed by atoms with Crippen molar-refractivity contribution < 1.29 is 29.0 Å². The molecule has 1 saturated heterocycles. The molecule has 3 amide bonds. The Kier molecular flexibility index (Phi) is 6.63. The summed E-state index contributed by atoms with van der Waals surface area (Å²) < 4.78 is 10.3. The SMILES string of the molecule is CCOc1ccc(NC(=O)CN2C(=O)SC(=Cc3ccc(OC)c(O)c3)C2=O)cc1. The van der Waals surface area contributed by atoms with Gasteiger partial charge in [-0.1, -0.05) is 6.07 Å². The molecule has 2 aromatic rings. The number of anilines is 1. The summed E-state index contributed by atoms with van der Waals surface area (Å²) in [6.07, 6.45) is 1.48. The number of nitrogens with zero attached hydrogens (tertiary/aromatic N) is 1. The van der Waals surface area contributed by atoms with E-state index in [1.54, 1.807) is 36.4 Å². The Morgan fingerprint density at radius 2 is 1.93 bits per heavy atom. The van der Waals surface area contributed by atoms with E-state index >= 15 is 0 Å². The van der Waals surface area contributed by atoms with Crippen molar-refractivity contribution in [3.63, 3.8) is 0 Å². The van der Waals surface area contributed by atoms with E-state index in [-0.39, 0.29) is 10.7 Å². The van der Waals surface area contributed by atoms with Crippen LogP contribution in [0.2, 0.25) is 0 Å². The van der Waals surface area contributed by atoms with Crippen molar-refractivity contribution in [3.8, 4) is 17.2 Å². The molecule has 156 valence electrons. The molecule has 1 heterocycles. The molecule has 0 spiro atoms. The molecule has 0 atom stereocenters. The van der Waals surface area contributed by atoms with Crippen molar-refractivity contribution in [1.29, 1.82) is 0 Å². The second kappa shape index (κ2) is 9.36. The molecule has 8 nitrogen and oxygen atoms in total. The van der Waals surface area contributed by atoms with Crippen LogP contribution in [0.4, 0.5) is 10.5 Å². The quantitative estimate of drug-likeness (QED) is 0.651. The fourth-order valence-corrected chi connectivity index (χ4v) is 3.57. The number of benzene rings is 2. The minimum atomic E-state index is -0.567. The molecule has 0 aromatic heterocycles. The predicted octanol–water partition coefficient (Wildman–Crippen LogP) is 3.47. The van der Waals surface area contributed by atoms with Crippen LogP contribution in [0.1, 0.15) is 12.5 Å². The lowest BCUT2D eigenvalue weighted by atomic mass is 10.2. The Morgan fingerprint density at radius 1 is 1.20 bits per heavy atom. The fraction of sp³-hybridized carbons (Fsp3) is 0.190. The lowest BCUT2D eigenvalue weighted by molar-refractivity contribution is -0.127. The van der Waals surface area contributed by atoms with Gasteiger partial charge in [0.25, 0.3) is 11.1 Å². The van der Waals surface area contributed by atoms with Crippen molar-refractivity contribution in [2.24, 2.45) is 0 Å². The van der Waals surface area contributed by atoms with Crippen LogP contribution in [0.25, 0.3) is 6.08 Å². The average molecular weight is 428 g/mol. The Labute approximate surface area is 177 Å². The standard InChI is InChI=1S/C21H20N2O6S/c1-3-29-15-7-5-14(6-8-15)22-19(25)12-23-20(26)18(30-21(23)27)11-13-4-9-17(28-2)16(24)10-13/h4-11,24H,3,12H2,1-2H3,(H,22,25). The first-order chi connectivity index (χ1) is 14.4. The number of methoxy groups -OCH3 is 1. The highest BCUT2D eigenvalue weighted by Crippen LogP contribution is 2.34. The average Bonchev–Trinajstić information content (AvgIpc) is 2.97. The first-order valence-electron chi connectivity index (χ1n) is 9.06. The highest BCUT2D eigenvalue weighted by Gasteiger charge is 2.36. The zero-order chi connectivity index (χ0) is 21.7. The van der Waals surface area contributed by atoms with E-state index in [9.17, 15) is 19.5 Å². The zero-order valence-corrected chi connectivity index (χ0v) is 17.2. The molecule has 0 aliphatic carbocycles. The molecule has 2 N–H and O–H groups in total. The number of imide groups is 1. The van der Waals surface area contributed by atoms with E-state index in [0.29, 0.717) is 29.4 Å². The van der Waals surface area contributed by atoms with E-state index in [1.165, 1.54) is 19.3 Å². The number of thioether (sulfide) groups is 1. The van der Waals surface area contributed by atoms with Crippen LogP contribution in [-0.4, -0.2) is 47.3 Å². The highest BCUT2D eigenvalue weighted by molar-refractivity contribution is 8.18. The van der Waals surface area contributed by atoms with Gasteiger partial charge >= 0.3 is 0 Å². The van der Waals surface area contributed by atoms with Gasteiger partial charge in [0.15, 0.2) is 11.5 Å². The molecule has 0 radical (unpaired) electrons. The third kappa shape index (κ3) is 4.93. The van der Waals surface area contributed by atoms with Gasteiger partial charge in [-0.05, 0) is 66.7 Å². The number of aromatic hydroxyl groups is 1. The van der Waals surface area contributed by atoms with Gasteiger partial charge < -0.3 is 19.9 Å². The van der Waals surface area contributed by atoms with E-state index in [4.69, 9.17) is 9.47 Å². The summed E-state index contributed by atoms with van der Waals surface area (Å²) >= 11 is 0.737. The van der Waals surface area contributed by atoms with Gasteiger partial charge in [-0.2, -0.15) is 0 Å². The molecular formula is C21H20N2O6S. The van der Waals surface area contributed by atoms with Gasteiger partial charge in [0.1, 0.15) is 12.3 Å². The second-order valence-corrected chi connectivity index (χ2v) is 7.20. The van der Waals surface area contributed by atoms with Gasteiger partial charge in [-0.15, -0.1) is 0 Å². The van der Waals surface area contributed by atoms with E-state index in [0.717, 1.165) is 16.7 Å². The Balaban J connectivity index is 1.65. The van der Waals surface area contributed by atoms with Crippen molar-refractivity contribution in [3.05, 3.63) is 52.9 Å². The topological polar surface area (TPSA) is 105 Å². The molecule has 9 heteroatoms. The summed E-state index contributed by atoms with van der Waals surface area (Å²) in [6.45, 7) is 2.01. The summed E-state index contributed by atoms with van der Waals surface area (Å²) in [7, 11) is 1.43. The van der Waals surface area contributed by atoms with Crippen LogP contribution in [0, 0.1) is 0 Å². The highest BCUT2D eigenvalue weighted by atomic mass is 32.2. The lowest BCUT2D eigenvalue weighted by Crippen LogP contribution is -2.36. The maximum absolute atomic E-state index is 12.6. The molecule has 0 unspecified atom stereocenters. The van der Waals surface area contributed by atoms with Crippen LogP contribution in [0.3, 0.4) is 0 Å². The van der Waals surface area contributed by atoms with E-state index in [1.807, 2.05) is 6.92 Å². The minimum absolute atomic E-state index is 0.0831. The summed E-state index contributed by atoms with van der Waals surface area (Å²) in [5, 5.41) is 12.0. The van der Waals surface area contributed by atoms with Crippen molar-refractivity contribution in [2.75, 3.05) is 25.6 Å². The predicted molar refractivity (Wildman–Crippen MR) is 114 cm³/mol. The summed E-state index contributed by atoms with van der Waals surface area (Å²) in [5.41, 5.74) is 1.05. The molecule has 1 aliphatic rings. The number of hydrogen-bond donors (Lipinski definition) is 2. The van der Waals surface area contributed by atoms with Crippen LogP contribution in [-0.2, 0) is 9.59 Å². The molecule has 1 aliphatic heterocycles. The van der Waals surface area contributed by atoms with E-state index < -0.39 is 23.6 Å². The number of rotatable bonds is 7. The maximum Gasteiger partial charge on any atom is 0.294 e. The van der Waals surface area contributed by atoms with Crippen LogP contribution >= 0.6 is 11.8 Å². The van der Waals surface area contributed by atoms with Gasteiger partial charge in [0.05, 0.1) is 18.6 Å². The van der Waals surface area contributed by atoms with Gasteiger partial charge in [-0.3, -0.25) is 19.3 Å². The smallest absolute Gasteiger partial charge is 0.294 e. The third-order valence-corrected chi connectivity index (χ3v) is 5.03. The molecule has 30 heavy (non-hydrogen) atoms. The Bertz CT molecular complexity index is 1000. The molecule has 3 rings (SSSR count). The first-order valence-corrected chi connectivity index (χ1v) is 9.88. The van der Waals surface area contributed by atoms with Crippen LogP contribution < -0.4 is 14.8 Å². The van der Waals surface area contributed by atoms with Gasteiger partial charge in [0, 0.05) is 5.69 Å². The van der Waals surface area contributed by atoms with E-state index in [2.05, 4.69) is 5.32 Å². The number of ether oxygens (including phenoxy) is 2.